The molecule has 0 heterocycles. The van der Waals surface area contributed by atoms with Gasteiger partial charge in [0.05, 0.1) is 0 Å². The van der Waals surface area contributed by atoms with Crippen molar-refractivity contribution in [2.24, 2.45) is 0 Å². The molecule has 0 radical (unpaired) electrons. The molecular weight excluding hydrogens is 340 g/mol. The summed E-state index contributed by atoms with van der Waals surface area (Å²) in [7, 11) is 0. The second-order valence-electron chi connectivity index (χ2n) is 3.65. The van der Waals surface area contributed by atoms with Crippen molar-refractivity contribution in [2.75, 3.05) is 6.61 Å². The third-order valence-electron chi connectivity index (χ3n) is 2.44. The molecular formula is C15H14O2Te. The van der Waals surface area contributed by atoms with Crippen molar-refractivity contribution in [3.05, 3.63) is 52.7 Å². The van der Waals surface area contributed by atoms with E-state index >= 15 is 0 Å². The Balaban J connectivity index is 2.15. The van der Waals surface area contributed by atoms with Gasteiger partial charge in [0.1, 0.15) is 0 Å². The molecule has 3 heteroatoms. The number of fused-ring (bicyclic) bond motifs is 1. The number of rotatable bonds is 4. The van der Waals surface area contributed by atoms with Gasteiger partial charge in [0, 0.05) is 0 Å². The van der Waals surface area contributed by atoms with E-state index in [0.717, 1.165) is 0 Å². The molecule has 2 aromatic rings. The van der Waals surface area contributed by atoms with Crippen LogP contribution in [-0.2, 0) is 9.53 Å². The summed E-state index contributed by atoms with van der Waals surface area (Å²) >= 11 is -0.491. The molecule has 0 aliphatic rings. The van der Waals surface area contributed by atoms with Crippen molar-refractivity contribution in [3.63, 3.8) is 0 Å². The number of hydrogen-bond donors (Lipinski definition) is 0. The Labute approximate surface area is 117 Å². The van der Waals surface area contributed by atoms with Gasteiger partial charge in [-0.25, -0.2) is 0 Å². The van der Waals surface area contributed by atoms with Crippen LogP contribution in [0.1, 0.15) is 6.92 Å². The van der Waals surface area contributed by atoms with Crippen LogP contribution in [0.3, 0.4) is 0 Å². The summed E-state index contributed by atoms with van der Waals surface area (Å²) in [5.74, 6) is -0.247. The summed E-state index contributed by atoms with van der Waals surface area (Å²) in [5.41, 5.74) is 0. The van der Waals surface area contributed by atoms with Crippen LogP contribution >= 0.6 is 0 Å². The van der Waals surface area contributed by atoms with Gasteiger partial charge in [-0.05, 0) is 0 Å². The van der Waals surface area contributed by atoms with Crippen molar-refractivity contribution in [1.82, 2.24) is 0 Å². The first-order chi connectivity index (χ1) is 8.81. The third kappa shape index (κ3) is 3.35. The Morgan fingerprint density at radius 1 is 1.22 bits per heavy atom. The van der Waals surface area contributed by atoms with Crippen LogP contribution in [0.25, 0.3) is 10.8 Å². The number of carbonyl (C=O) groups is 1. The predicted molar refractivity (Wildman–Crippen MR) is 75.1 cm³/mol. The van der Waals surface area contributed by atoms with Gasteiger partial charge in [0.15, 0.2) is 0 Å². The summed E-state index contributed by atoms with van der Waals surface area (Å²) < 4.78 is 8.19. The predicted octanol–water partition coefficient (Wildman–Crippen LogP) is 2.25. The Kier molecular flexibility index (Phi) is 4.81. The van der Waals surface area contributed by atoms with Gasteiger partial charge in [0.2, 0.25) is 0 Å². The van der Waals surface area contributed by atoms with Crippen LogP contribution in [0.4, 0.5) is 0 Å². The quantitative estimate of drug-likeness (QED) is 0.479. The molecule has 0 fully saturated rings. The molecule has 0 unspecified atom stereocenters. The zero-order valence-corrected chi connectivity index (χ0v) is 12.5. The Morgan fingerprint density at radius 2 is 2.00 bits per heavy atom. The zero-order valence-electron chi connectivity index (χ0n) is 10.1. The minimum absolute atomic E-state index is 0.247. The Bertz CT molecular complexity index is 570. The fraction of sp³-hybridized carbons (Fsp3) is 0.133. The van der Waals surface area contributed by atoms with Gasteiger partial charge < -0.3 is 0 Å². The van der Waals surface area contributed by atoms with Crippen molar-refractivity contribution in [2.45, 2.75) is 6.92 Å². The molecule has 0 spiro atoms. The van der Waals surface area contributed by atoms with Gasteiger partial charge in [-0.2, -0.15) is 0 Å². The van der Waals surface area contributed by atoms with E-state index < -0.39 is 20.9 Å². The zero-order chi connectivity index (χ0) is 12.8. The third-order valence-corrected chi connectivity index (χ3v) is 4.95. The summed E-state index contributed by atoms with van der Waals surface area (Å²) in [6, 6.07) is 14.7. The molecule has 0 aliphatic heterocycles. The van der Waals surface area contributed by atoms with Crippen LogP contribution in [-0.4, -0.2) is 33.5 Å². The molecule has 2 rings (SSSR count). The minimum atomic E-state index is -0.491. The number of hydrogen-bond acceptors (Lipinski definition) is 2. The fourth-order valence-electron chi connectivity index (χ4n) is 1.65. The van der Waals surface area contributed by atoms with E-state index in [1.54, 1.807) is 6.08 Å². The molecule has 0 N–H and O–H groups in total. The molecule has 2 nitrogen and oxygen atoms in total. The standard InChI is InChI=1S/C15H14O2Te/c1-2-17-15(16)10-11-18-14-9-5-7-12-6-3-4-8-13(12)14/h3-11H,2H2,1H3/b11-10-. The number of esters is 1. The van der Waals surface area contributed by atoms with E-state index in [1.165, 1.54) is 14.4 Å². The van der Waals surface area contributed by atoms with E-state index in [-0.39, 0.29) is 5.97 Å². The maximum absolute atomic E-state index is 11.2. The van der Waals surface area contributed by atoms with Gasteiger partial charge in [-0.3, -0.25) is 0 Å². The average Bonchev–Trinajstić information content (AvgIpc) is 2.39. The second-order valence-corrected chi connectivity index (χ2v) is 6.35. The molecule has 0 aromatic heterocycles. The first-order valence-electron chi connectivity index (χ1n) is 5.79. The van der Waals surface area contributed by atoms with Crippen LogP contribution in [0.2, 0.25) is 0 Å². The summed E-state index contributed by atoms with van der Waals surface area (Å²) in [4.78, 5) is 11.2. The summed E-state index contributed by atoms with van der Waals surface area (Å²) in [6.07, 6.45) is 1.55. The van der Waals surface area contributed by atoms with Gasteiger partial charge >= 0.3 is 117 Å². The van der Waals surface area contributed by atoms with Crippen molar-refractivity contribution < 1.29 is 9.53 Å². The second kappa shape index (κ2) is 6.58. The van der Waals surface area contributed by atoms with Gasteiger partial charge in [-0.1, -0.05) is 0 Å². The first-order valence-corrected chi connectivity index (χ1v) is 8.30. The first kappa shape index (κ1) is 13.1. The average molecular weight is 354 g/mol. The Hall–Kier alpha value is -1.30. The molecule has 0 aliphatic carbocycles. The van der Waals surface area contributed by atoms with Crippen LogP contribution in [0, 0.1) is 0 Å². The van der Waals surface area contributed by atoms with E-state index in [1.807, 2.05) is 23.2 Å². The van der Waals surface area contributed by atoms with E-state index in [9.17, 15) is 4.79 Å². The molecule has 2 aromatic carbocycles. The Morgan fingerprint density at radius 3 is 2.83 bits per heavy atom. The fourth-order valence-corrected chi connectivity index (χ4v) is 3.92. The van der Waals surface area contributed by atoms with Crippen molar-refractivity contribution in [3.8, 4) is 0 Å². The number of benzene rings is 2. The van der Waals surface area contributed by atoms with Crippen molar-refractivity contribution in [1.29, 1.82) is 0 Å². The van der Waals surface area contributed by atoms with Gasteiger partial charge in [0.25, 0.3) is 0 Å². The van der Waals surface area contributed by atoms with Crippen molar-refractivity contribution >= 4 is 41.3 Å². The van der Waals surface area contributed by atoms with Crippen LogP contribution in [0.15, 0.2) is 52.7 Å². The molecule has 18 heavy (non-hydrogen) atoms. The monoisotopic (exact) mass is 356 g/mol. The molecule has 0 bridgehead atoms. The molecule has 0 atom stereocenters. The van der Waals surface area contributed by atoms with Gasteiger partial charge in [-0.15, -0.1) is 0 Å². The van der Waals surface area contributed by atoms with E-state index in [0.29, 0.717) is 6.61 Å². The summed E-state index contributed by atoms with van der Waals surface area (Å²) in [6.45, 7) is 2.24. The number of carbonyl (C=O) groups excluding carboxylic acids is 1. The maximum atomic E-state index is 11.2. The topological polar surface area (TPSA) is 26.3 Å². The number of ether oxygens (including phenoxy) is 1. The molecule has 0 saturated carbocycles. The molecule has 92 valence electrons. The molecule has 0 saturated heterocycles. The summed E-state index contributed by atoms with van der Waals surface area (Å²) in [5, 5.41) is 2.54. The van der Waals surface area contributed by atoms with E-state index in [2.05, 4.69) is 30.3 Å². The van der Waals surface area contributed by atoms with E-state index in [4.69, 9.17) is 4.74 Å². The molecule has 0 amide bonds. The van der Waals surface area contributed by atoms with Crippen LogP contribution in [0.5, 0.6) is 0 Å². The SMILES string of the molecule is CCOC(=O)/C=C\[Te]c1cccc2ccccc12. The normalized spacial score (nSPS) is 10.9. The van der Waals surface area contributed by atoms with Crippen LogP contribution < -0.4 is 3.61 Å².